The topological polar surface area (TPSA) is 50.4 Å². The zero-order valence-electron chi connectivity index (χ0n) is 9.13. The Morgan fingerprint density at radius 2 is 2.27 bits per heavy atom. The fourth-order valence-electron chi connectivity index (χ4n) is 2.25. The lowest BCUT2D eigenvalue weighted by molar-refractivity contribution is -0.127. The highest BCUT2D eigenvalue weighted by Crippen LogP contribution is 2.12. The van der Waals surface area contributed by atoms with E-state index in [-0.39, 0.29) is 17.9 Å². The quantitative estimate of drug-likeness (QED) is 0.691. The number of nitrogens with one attached hydrogen (secondary N) is 2. The van der Waals surface area contributed by atoms with Crippen molar-refractivity contribution < 1.29 is 9.53 Å². The van der Waals surface area contributed by atoms with Crippen LogP contribution in [0.2, 0.25) is 0 Å². The first kappa shape index (κ1) is 10.9. The first-order chi connectivity index (χ1) is 7.36. The molecule has 0 aromatic rings. The summed E-state index contributed by atoms with van der Waals surface area (Å²) >= 11 is 0. The van der Waals surface area contributed by atoms with Crippen molar-refractivity contribution in [1.82, 2.24) is 10.6 Å². The maximum Gasteiger partial charge on any atom is 0.224 e. The number of piperidine rings is 1. The Morgan fingerprint density at radius 1 is 1.33 bits per heavy atom. The lowest BCUT2D eigenvalue weighted by atomic mass is 9.98. The van der Waals surface area contributed by atoms with Crippen LogP contribution in [0.15, 0.2) is 0 Å². The monoisotopic (exact) mass is 212 g/mol. The first-order valence-corrected chi connectivity index (χ1v) is 5.95. The van der Waals surface area contributed by atoms with E-state index >= 15 is 0 Å². The molecule has 15 heavy (non-hydrogen) atoms. The molecule has 1 amide bonds. The Morgan fingerprint density at radius 3 is 2.93 bits per heavy atom. The standard InChI is InChI=1S/C11H20N2O2/c14-11(9-3-1-5-12-7-9)13-10-4-2-6-15-8-10/h9-10,12H,1-8H2,(H,13,14)/t9-,10?/m0/s1. The Kier molecular flexibility index (Phi) is 3.97. The molecule has 2 saturated heterocycles. The molecule has 1 unspecified atom stereocenters. The Labute approximate surface area is 90.8 Å². The lowest BCUT2D eigenvalue weighted by Gasteiger charge is -2.27. The normalized spacial score (nSPS) is 32.3. The number of amides is 1. The summed E-state index contributed by atoms with van der Waals surface area (Å²) in [5.41, 5.74) is 0. The molecule has 0 spiro atoms. The molecular weight excluding hydrogens is 192 g/mol. The second-order valence-corrected chi connectivity index (χ2v) is 4.47. The van der Waals surface area contributed by atoms with E-state index in [1.807, 2.05) is 0 Å². The van der Waals surface area contributed by atoms with E-state index in [2.05, 4.69) is 10.6 Å². The van der Waals surface area contributed by atoms with Gasteiger partial charge in [-0.25, -0.2) is 0 Å². The third-order valence-electron chi connectivity index (χ3n) is 3.17. The van der Waals surface area contributed by atoms with Crippen molar-refractivity contribution in [2.75, 3.05) is 26.3 Å². The molecule has 2 aliphatic heterocycles. The van der Waals surface area contributed by atoms with Crippen molar-refractivity contribution in [3.8, 4) is 0 Å². The van der Waals surface area contributed by atoms with Crippen LogP contribution in [0.5, 0.6) is 0 Å². The van der Waals surface area contributed by atoms with E-state index < -0.39 is 0 Å². The molecule has 0 bridgehead atoms. The Balaban J connectivity index is 1.74. The second-order valence-electron chi connectivity index (χ2n) is 4.47. The van der Waals surface area contributed by atoms with Gasteiger partial charge in [-0.15, -0.1) is 0 Å². The average molecular weight is 212 g/mol. The van der Waals surface area contributed by atoms with Crippen LogP contribution in [0.1, 0.15) is 25.7 Å². The van der Waals surface area contributed by atoms with Crippen molar-refractivity contribution in [1.29, 1.82) is 0 Å². The van der Waals surface area contributed by atoms with Gasteiger partial charge in [0.05, 0.1) is 18.6 Å². The molecule has 2 heterocycles. The molecule has 0 saturated carbocycles. The fourth-order valence-corrected chi connectivity index (χ4v) is 2.25. The first-order valence-electron chi connectivity index (χ1n) is 5.95. The van der Waals surface area contributed by atoms with Crippen LogP contribution in [0.25, 0.3) is 0 Å². The van der Waals surface area contributed by atoms with E-state index in [4.69, 9.17) is 4.74 Å². The molecule has 0 radical (unpaired) electrons. The summed E-state index contributed by atoms with van der Waals surface area (Å²) in [6.07, 6.45) is 4.26. The van der Waals surface area contributed by atoms with E-state index in [0.29, 0.717) is 6.61 Å². The average Bonchev–Trinajstić information content (AvgIpc) is 2.31. The molecule has 2 N–H and O–H groups in total. The molecule has 2 rings (SSSR count). The predicted molar refractivity (Wildman–Crippen MR) is 57.6 cm³/mol. The number of ether oxygens (including phenoxy) is 1. The van der Waals surface area contributed by atoms with E-state index in [1.165, 1.54) is 0 Å². The van der Waals surface area contributed by atoms with Gasteiger partial charge in [0.2, 0.25) is 5.91 Å². The van der Waals surface area contributed by atoms with Crippen molar-refractivity contribution in [3.05, 3.63) is 0 Å². The predicted octanol–water partition coefficient (Wildman–Crippen LogP) is 0.281. The zero-order valence-corrected chi connectivity index (χ0v) is 9.13. The zero-order chi connectivity index (χ0) is 10.5. The summed E-state index contributed by atoms with van der Waals surface area (Å²) < 4.78 is 5.34. The van der Waals surface area contributed by atoms with Gasteiger partial charge in [-0.1, -0.05) is 0 Å². The van der Waals surface area contributed by atoms with Gasteiger partial charge >= 0.3 is 0 Å². The maximum absolute atomic E-state index is 11.9. The summed E-state index contributed by atoms with van der Waals surface area (Å²) in [6, 6.07) is 0.244. The Bertz CT molecular complexity index is 209. The maximum atomic E-state index is 11.9. The largest absolute Gasteiger partial charge is 0.379 e. The molecule has 0 aromatic carbocycles. The summed E-state index contributed by atoms with van der Waals surface area (Å²) in [6.45, 7) is 3.42. The highest BCUT2D eigenvalue weighted by molar-refractivity contribution is 5.79. The Hall–Kier alpha value is -0.610. The van der Waals surface area contributed by atoms with Gasteiger partial charge in [-0.3, -0.25) is 4.79 Å². The minimum atomic E-state index is 0.167. The fraction of sp³-hybridized carbons (Fsp3) is 0.909. The molecule has 2 fully saturated rings. The van der Waals surface area contributed by atoms with Gasteiger partial charge < -0.3 is 15.4 Å². The second kappa shape index (κ2) is 5.47. The van der Waals surface area contributed by atoms with Crippen molar-refractivity contribution in [2.45, 2.75) is 31.7 Å². The molecule has 4 nitrogen and oxygen atoms in total. The number of hydrogen-bond donors (Lipinski definition) is 2. The van der Waals surface area contributed by atoms with Crippen LogP contribution < -0.4 is 10.6 Å². The smallest absolute Gasteiger partial charge is 0.224 e. The number of carbonyl (C=O) groups is 1. The van der Waals surface area contributed by atoms with Crippen LogP contribution in [0.3, 0.4) is 0 Å². The van der Waals surface area contributed by atoms with Crippen LogP contribution in [-0.4, -0.2) is 38.3 Å². The number of hydrogen-bond acceptors (Lipinski definition) is 3. The number of carbonyl (C=O) groups excluding carboxylic acids is 1. The molecule has 0 aromatic heterocycles. The van der Waals surface area contributed by atoms with Gasteiger partial charge in [-0.05, 0) is 32.2 Å². The molecule has 2 atom stereocenters. The van der Waals surface area contributed by atoms with E-state index in [9.17, 15) is 4.79 Å². The highest BCUT2D eigenvalue weighted by atomic mass is 16.5. The van der Waals surface area contributed by atoms with Crippen LogP contribution in [0, 0.1) is 5.92 Å². The molecule has 0 aliphatic carbocycles. The highest BCUT2D eigenvalue weighted by Gasteiger charge is 2.24. The molecule has 86 valence electrons. The van der Waals surface area contributed by atoms with Gasteiger partial charge in [-0.2, -0.15) is 0 Å². The molecule has 2 aliphatic rings. The third-order valence-corrected chi connectivity index (χ3v) is 3.17. The van der Waals surface area contributed by atoms with Gasteiger partial charge in [0.25, 0.3) is 0 Å². The lowest BCUT2D eigenvalue weighted by Crippen LogP contribution is -2.47. The van der Waals surface area contributed by atoms with Crippen LogP contribution in [-0.2, 0) is 9.53 Å². The van der Waals surface area contributed by atoms with Gasteiger partial charge in [0.15, 0.2) is 0 Å². The SMILES string of the molecule is O=C(NC1CCCOC1)[C@H]1CCCNC1. The van der Waals surface area contributed by atoms with Crippen LogP contribution in [0.4, 0.5) is 0 Å². The molecule has 4 heteroatoms. The van der Waals surface area contributed by atoms with Crippen molar-refractivity contribution in [3.63, 3.8) is 0 Å². The summed E-state index contributed by atoms with van der Waals surface area (Å²) in [7, 11) is 0. The number of rotatable bonds is 2. The minimum Gasteiger partial charge on any atom is -0.379 e. The van der Waals surface area contributed by atoms with Crippen molar-refractivity contribution >= 4 is 5.91 Å². The van der Waals surface area contributed by atoms with E-state index in [0.717, 1.165) is 45.4 Å². The van der Waals surface area contributed by atoms with Gasteiger partial charge in [0, 0.05) is 13.2 Å². The summed E-state index contributed by atoms with van der Waals surface area (Å²) in [5, 5.41) is 6.35. The minimum absolute atomic E-state index is 0.167. The third kappa shape index (κ3) is 3.18. The van der Waals surface area contributed by atoms with Crippen molar-refractivity contribution in [2.24, 2.45) is 5.92 Å². The summed E-state index contributed by atoms with van der Waals surface area (Å²) in [5.74, 6) is 0.373. The van der Waals surface area contributed by atoms with Crippen LogP contribution >= 0.6 is 0 Å². The van der Waals surface area contributed by atoms with Gasteiger partial charge in [0.1, 0.15) is 0 Å². The van der Waals surface area contributed by atoms with E-state index in [1.54, 1.807) is 0 Å². The molecular formula is C11H20N2O2. The summed E-state index contributed by atoms with van der Waals surface area (Å²) in [4.78, 5) is 11.9.